The Kier molecular flexibility index (Phi) is 9.88. The Bertz CT molecular complexity index is 287. The lowest BCUT2D eigenvalue weighted by Crippen LogP contribution is -2.45. The highest BCUT2D eigenvalue weighted by Gasteiger charge is 2.28. The van der Waals surface area contributed by atoms with Gasteiger partial charge in [0.15, 0.2) is 0 Å². The predicted octanol–water partition coefficient (Wildman–Crippen LogP) is 3.19. The van der Waals surface area contributed by atoms with E-state index in [0.29, 0.717) is 18.4 Å². The number of nitrogens with zero attached hydrogens (tertiary/aromatic N) is 1. The van der Waals surface area contributed by atoms with Crippen LogP contribution in [0.4, 0.5) is 0 Å². The van der Waals surface area contributed by atoms with Crippen molar-refractivity contribution in [3.63, 3.8) is 0 Å². The molecule has 0 aromatic rings. The molecule has 0 aliphatic carbocycles. The first kappa shape index (κ1) is 20.4. The number of methoxy groups -OCH3 is 1. The lowest BCUT2D eigenvalue weighted by Gasteiger charge is -2.32. The van der Waals surface area contributed by atoms with Gasteiger partial charge in [0, 0.05) is 12.6 Å². The fourth-order valence-electron chi connectivity index (χ4n) is 2.84. The van der Waals surface area contributed by atoms with Crippen LogP contribution in [0, 0.1) is 5.92 Å². The lowest BCUT2D eigenvalue weighted by molar-refractivity contribution is -0.146. The van der Waals surface area contributed by atoms with Crippen LogP contribution in [-0.2, 0) is 9.53 Å². The molecule has 0 heterocycles. The molecule has 0 amide bonds. The normalized spacial score (nSPS) is 14.8. The molecule has 0 saturated carbocycles. The zero-order valence-corrected chi connectivity index (χ0v) is 14.9. The molecule has 0 aliphatic heterocycles. The minimum atomic E-state index is -0.855. The molecule has 0 saturated heterocycles. The van der Waals surface area contributed by atoms with Gasteiger partial charge in [-0.3, -0.25) is 4.79 Å². The van der Waals surface area contributed by atoms with Crippen molar-refractivity contribution in [2.75, 3.05) is 20.2 Å². The summed E-state index contributed by atoms with van der Waals surface area (Å²) in [5.41, 5.74) is 5.14. The summed E-state index contributed by atoms with van der Waals surface area (Å²) in [6.07, 6.45) is 5.10. The Morgan fingerprint density at radius 1 is 1.24 bits per heavy atom. The molecule has 0 aromatic heterocycles. The molecular formula is C17H36N2O2. The smallest absolute Gasteiger partial charge is 0.325 e. The molecule has 1 atom stereocenters. The molecule has 0 rings (SSSR count). The lowest BCUT2D eigenvalue weighted by atomic mass is 9.96. The fourth-order valence-corrected chi connectivity index (χ4v) is 2.84. The first-order valence-corrected chi connectivity index (χ1v) is 8.39. The molecule has 0 fully saturated rings. The van der Waals surface area contributed by atoms with Crippen molar-refractivity contribution in [2.45, 2.75) is 78.3 Å². The second-order valence-corrected chi connectivity index (χ2v) is 6.73. The Morgan fingerprint density at radius 3 is 2.24 bits per heavy atom. The van der Waals surface area contributed by atoms with E-state index in [4.69, 9.17) is 10.5 Å². The van der Waals surface area contributed by atoms with E-state index >= 15 is 0 Å². The molecule has 4 heteroatoms. The van der Waals surface area contributed by atoms with Gasteiger partial charge in [-0.25, -0.2) is 0 Å². The van der Waals surface area contributed by atoms with Crippen LogP contribution >= 0.6 is 0 Å². The number of ether oxygens (including phenoxy) is 1. The van der Waals surface area contributed by atoms with Crippen molar-refractivity contribution in [2.24, 2.45) is 11.7 Å². The van der Waals surface area contributed by atoms with Crippen molar-refractivity contribution < 1.29 is 9.53 Å². The number of carbonyl (C=O) groups is 1. The van der Waals surface area contributed by atoms with Crippen LogP contribution in [0.3, 0.4) is 0 Å². The molecule has 0 radical (unpaired) electrons. The Hall–Kier alpha value is -0.610. The van der Waals surface area contributed by atoms with Crippen LogP contribution in [0.1, 0.15) is 66.7 Å². The third-order valence-corrected chi connectivity index (χ3v) is 4.10. The molecule has 0 aliphatic rings. The van der Waals surface area contributed by atoms with Crippen molar-refractivity contribution in [1.29, 1.82) is 0 Å². The molecule has 2 N–H and O–H groups in total. The van der Waals surface area contributed by atoms with Gasteiger partial charge in [-0.1, -0.05) is 27.7 Å². The predicted molar refractivity (Wildman–Crippen MR) is 89.2 cm³/mol. The summed E-state index contributed by atoms with van der Waals surface area (Å²) in [5.74, 6) is 0.363. The highest BCUT2D eigenvalue weighted by molar-refractivity contribution is 5.79. The third kappa shape index (κ3) is 7.82. The van der Waals surface area contributed by atoms with Gasteiger partial charge in [0.25, 0.3) is 0 Å². The van der Waals surface area contributed by atoms with E-state index in [0.717, 1.165) is 25.9 Å². The standard InChI is InChI=1S/C17H36N2O2/c1-7-15(8-2)19(13-14(3)4)12-10-9-11-17(5,18)16(20)21-6/h14-15H,7-13,18H2,1-6H3. The van der Waals surface area contributed by atoms with Crippen molar-refractivity contribution >= 4 is 5.97 Å². The first-order chi connectivity index (χ1) is 9.78. The van der Waals surface area contributed by atoms with E-state index in [1.807, 2.05) is 0 Å². The molecule has 21 heavy (non-hydrogen) atoms. The van der Waals surface area contributed by atoms with E-state index < -0.39 is 5.54 Å². The Balaban J connectivity index is 4.28. The Labute approximate surface area is 131 Å². The summed E-state index contributed by atoms with van der Waals surface area (Å²) in [5, 5.41) is 0. The molecule has 0 bridgehead atoms. The van der Waals surface area contributed by atoms with E-state index in [9.17, 15) is 4.79 Å². The second kappa shape index (κ2) is 10.2. The van der Waals surface area contributed by atoms with Crippen LogP contribution in [0.25, 0.3) is 0 Å². The van der Waals surface area contributed by atoms with Gasteiger partial charge in [-0.2, -0.15) is 0 Å². The van der Waals surface area contributed by atoms with Gasteiger partial charge in [-0.15, -0.1) is 0 Å². The molecule has 0 spiro atoms. The van der Waals surface area contributed by atoms with Crippen molar-refractivity contribution in [3.8, 4) is 0 Å². The number of rotatable bonds is 11. The van der Waals surface area contributed by atoms with Gasteiger partial charge in [0.1, 0.15) is 5.54 Å². The average Bonchev–Trinajstić information content (AvgIpc) is 2.42. The number of nitrogens with two attached hydrogens (primary N) is 1. The van der Waals surface area contributed by atoms with Crippen LogP contribution in [0.5, 0.6) is 0 Å². The summed E-state index contributed by atoms with van der Waals surface area (Å²) >= 11 is 0. The number of hydrogen-bond donors (Lipinski definition) is 1. The highest BCUT2D eigenvalue weighted by atomic mass is 16.5. The highest BCUT2D eigenvalue weighted by Crippen LogP contribution is 2.16. The van der Waals surface area contributed by atoms with E-state index in [-0.39, 0.29) is 5.97 Å². The van der Waals surface area contributed by atoms with Gasteiger partial charge in [-0.05, 0) is 51.5 Å². The molecule has 4 nitrogen and oxygen atoms in total. The van der Waals surface area contributed by atoms with Crippen molar-refractivity contribution in [1.82, 2.24) is 4.90 Å². The van der Waals surface area contributed by atoms with E-state index in [2.05, 4.69) is 32.6 Å². The SMILES string of the molecule is CCC(CC)N(CCCCC(C)(N)C(=O)OC)CC(C)C. The van der Waals surface area contributed by atoms with Crippen LogP contribution in [0.2, 0.25) is 0 Å². The zero-order chi connectivity index (χ0) is 16.5. The number of carbonyl (C=O) groups excluding carboxylic acids is 1. The second-order valence-electron chi connectivity index (χ2n) is 6.73. The summed E-state index contributed by atoms with van der Waals surface area (Å²) in [7, 11) is 1.39. The minimum absolute atomic E-state index is 0.318. The fraction of sp³-hybridized carbons (Fsp3) is 0.941. The van der Waals surface area contributed by atoms with Crippen LogP contribution in [-0.4, -0.2) is 42.6 Å². The van der Waals surface area contributed by atoms with Gasteiger partial charge >= 0.3 is 5.97 Å². The monoisotopic (exact) mass is 300 g/mol. The average molecular weight is 300 g/mol. The van der Waals surface area contributed by atoms with Gasteiger partial charge in [0.05, 0.1) is 7.11 Å². The third-order valence-electron chi connectivity index (χ3n) is 4.10. The molecule has 126 valence electrons. The van der Waals surface area contributed by atoms with Crippen LogP contribution < -0.4 is 5.73 Å². The summed E-state index contributed by atoms with van der Waals surface area (Å²) in [6.45, 7) is 13.0. The summed E-state index contributed by atoms with van der Waals surface area (Å²) in [6, 6.07) is 0.664. The largest absolute Gasteiger partial charge is 0.468 e. The van der Waals surface area contributed by atoms with E-state index in [1.165, 1.54) is 20.0 Å². The number of unbranched alkanes of at least 4 members (excludes halogenated alkanes) is 1. The Morgan fingerprint density at radius 2 is 1.81 bits per heavy atom. The van der Waals surface area contributed by atoms with E-state index in [1.54, 1.807) is 6.92 Å². The quantitative estimate of drug-likeness (QED) is 0.470. The molecular weight excluding hydrogens is 264 g/mol. The molecule has 1 unspecified atom stereocenters. The minimum Gasteiger partial charge on any atom is -0.468 e. The topological polar surface area (TPSA) is 55.6 Å². The number of esters is 1. The van der Waals surface area contributed by atoms with Crippen LogP contribution in [0.15, 0.2) is 0 Å². The molecule has 0 aromatic carbocycles. The first-order valence-electron chi connectivity index (χ1n) is 8.39. The maximum absolute atomic E-state index is 11.6. The van der Waals surface area contributed by atoms with Gasteiger partial charge < -0.3 is 15.4 Å². The number of hydrogen-bond acceptors (Lipinski definition) is 4. The van der Waals surface area contributed by atoms with Crippen molar-refractivity contribution in [3.05, 3.63) is 0 Å². The maximum Gasteiger partial charge on any atom is 0.325 e. The zero-order valence-electron chi connectivity index (χ0n) is 14.9. The summed E-state index contributed by atoms with van der Waals surface area (Å²) < 4.78 is 4.74. The van der Waals surface area contributed by atoms with Gasteiger partial charge in [0.2, 0.25) is 0 Å². The maximum atomic E-state index is 11.6. The summed E-state index contributed by atoms with van der Waals surface area (Å²) in [4.78, 5) is 14.1.